The normalized spacial score (nSPS) is 9.95. The largest absolute Gasteiger partial charge is 0.504 e. The van der Waals surface area contributed by atoms with E-state index < -0.39 is 0 Å². The lowest BCUT2D eigenvalue weighted by Gasteiger charge is -2.10. The summed E-state index contributed by atoms with van der Waals surface area (Å²) in [5.74, 6) is 0.575. The summed E-state index contributed by atoms with van der Waals surface area (Å²) >= 11 is 0. The fraction of sp³-hybridized carbons (Fsp3) is 0.143. The molecule has 96 valence electrons. The molecule has 0 aliphatic carbocycles. The molecule has 0 saturated heterocycles. The standard InChI is InChI=1S/C14H13N3O2/c1-8-5-10(11(7-15)14(16)17-8)9-3-4-13(19-2)12(18)6-9/h3-6,18H,1-2H3,(H2,16,17). The Balaban J connectivity index is 2.65. The molecule has 0 radical (unpaired) electrons. The predicted octanol–water partition coefficient (Wildman–Crippen LogP) is 2.23. The molecule has 0 amide bonds. The number of nitrogens with two attached hydrogens (primary N) is 1. The van der Waals surface area contributed by atoms with Crippen molar-refractivity contribution in [3.05, 3.63) is 35.5 Å². The summed E-state index contributed by atoms with van der Waals surface area (Å²) in [6.45, 7) is 1.80. The average Bonchev–Trinajstić information content (AvgIpc) is 2.37. The third kappa shape index (κ3) is 2.29. The van der Waals surface area contributed by atoms with E-state index in [0.29, 0.717) is 28.1 Å². The Morgan fingerprint density at radius 2 is 2.11 bits per heavy atom. The highest BCUT2D eigenvalue weighted by atomic mass is 16.5. The first kappa shape index (κ1) is 12.7. The summed E-state index contributed by atoms with van der Waals surface area (Å²) in [5, 5.41) is 19.0. The van der Waals surface area contributed by atoms with Crippen molar-refractivity contribution in [2.24, 2.45) is 0 Å². The Bertz CT molecular complexity index is 675. The predicted molar refractivity (Wildman–Crippen MR) is 71.8 cm³/mol. The molecule has 0 unspecified atom stereocenters. The van der Waals surface area contributed by atoms with Gasteiger partial charge in [-0.05, 0) is 30.7 Å². The lowest BCUT2D eigenvalue weighted by molar-refractivity contribution is 0.373. The highest BCUT2D eigenvalue weighted by Gasteiger charge is 2.12. The molecule has 2 rings (SSSR count). The molecule has 0 spiro atoms. The number of nitrogens with zero attached hydrogens (tertiary/aromatic N) is 2. The number of aromatic hydroxyl groups is 1. The fourth-order valence-corrected chi connectivity index (χ4v) is 1.90. The van der Waals surface area contributed by atoms with Gasteiger partial charge in [0.05, 0.1) is 7.11 Å². The second-order valence-corrected chi connectivity index (χ2v) is 4.07. The minimum Gasteiger partial charge on any atom is -0.504 e. The maximum atomic E-state index is 9.80. The number of phenolic OH excluding ortho intramolecular Hbond substituents is 1. The Morgan fingerprint density at radius 3 is 2.68 bits per heavy atom. The first-order chi connectivity index (χ1) is 9.06. The van der Waals surface area contributed by atoms with Crippen molar-refractivity contribution in [3.8, 4) is 28.7 Å². The summed E-state index contributed by atoms with van der Waals surface area (Å²) in [7, 11) is 1.48. The number of phenols is 1. The van der Waals surface area contributed by atoms with Crippen LogP contribution in [0.5, 0.6) is 11.5 Å². The van der Waals surface area contributed by atoms with Crippen LogP contribution in [0.1, 0.15) is 11.3 Å². The lowest BCUT2D eigenvalue weighted by Crippen LogP contribution is -1.99. The van der Waals surface area contributed by atoms with Gasteiger partial charge in [-0.25, -0.2) is 4.98 Å². The van der Waals surface area contributed by atoms with Crippen LogP contribution in [0.4, 0.5) is 5.82 Å². The van der Waals surface area contributed by atoms with Crippen LogP contribution >= 0.6 is 0 Å². The smallest absolute Gasteiger partial charge is 0.160 e. The maximum Gasteiger partial charge on any atom is 0.160 e. The number of nitrogen functional groups attached to an aromatic ring is 1. The van der Waals surface area contributed by atoms with Crippen molar-refractivity contribution in [2.45, 2.75) is 6.92 Å². The van der Waals surface area contributed by atoms with Crippen LogP contribution in [0.25, 0.3) is 11.1 Å². The molecular weight excluding hydrogens is 242 g/mol. The van der Waals surface area contributed by atoms with Gasteiger partial charge in [0, 0.05) is 11.3 Å². The van der Waals surface area contributed by atoms with Gasteiger partial charge in [-0.15, -0.1) is 0 Å². The van der Waals surface area contributed by atoms with E-state index in [1.54, 1.807) is 25.1 Å². The molecule has 19 heavy (non-hydrogen) atoms. The molecule has 1 aromatic heterocycles. The average molecular weight is 255 g/mol. The Hall–Kier alpha value is -2.74. The third-order valence-electron chi connectivity index (χ3n) is 2.78. The number of nitriles is 1. The van der Waals surface area contributed by atoms with E-state index in [1.807, 2.05) is 6.07 Å². The van der Waals surface area contributed by atoms with Gasteiger partial charge in [0.25, 0.3) is 0 Å². The molecule has 2 aromatic rings. The second-order valence-electron chi connectivity index (χ2n) is 4.07. The van der Waals surface area contributed by atoms with Crippen LogP contribution in [0.2, 0.25) is 0 Å². The Morgan fingerprint density at radius 1 is 1.37 bits per heavy atom. The first-order valence-electron chi connectivity index (χ1n) is 5.61. The van der Waals surface area contributed by atoms with Gasteiger partial charge in [0.2, 0.25) is 0 Å². The number of ether oxygens (including phenoxy) is 1. The molecular formula is C14H13N3O2. The Kier molecular flexibility index (Phi) is 3.25. The van der Waals surface area contributed by atoms with E-state index in [-0.39, 0.29) is 11.6 Å². The molecule has 5 heteroatoms. The van der Waals surface area contributed by atoms with Crippen LogP contribution in [0, 0.1) is 18.3 Å². The topological polar surface area (TPSA) is 92.2 Å². The van der Waals surface area contributed by atoms with E-state index in [0.717, 1.165) is 0 Å². The molecule has 0 bridgehead atoms. The number of anilines is 1. The van der Waals surface area contributed by atoms with Gasteiger partial charge in [0.15, 0.2) is 11.5 Å². The molecule has 5 nitrogen and oxygen atoms in total. The van der Waals surface area contributed by atoms with Crippen molar-refractivity contribution in [1.82, 2.24) is 4.98 Å². The van der Waals surface area contributed by atoms with Gasteiger partial charge in [-0.3, -0.25) is 0 Å². The number of rotatable bonds is 2. The van der Waals surface area contributed by atoms with Gasteiger partial charge in [0.1, 0.15) is 17.5 Å². The number of hydrogen-bond donors (Lipinski definition) is 2. The molecule has 1 aromatic carbocycles. The van der Waals surface area contributed by atoms with Crippen molar-refractivity contribution in [1.29, 1.82) is 5.26 Å². The van der Waals surface area contributed by atoms with E-state index in [2.05, 4.69) is 4.98 Å². The minimum absolute atomic E-state index is 0.0110. The summed E-state index contributed by atoms with van der Waals surface area (Å²) in [6.07, 6.45) is 0. The summed E-state index contributed by atoms with van der Waals surface area (Å²) in [6, 6.07) is 8.73. The molecule has 1 heterocycles. The van der Waals surface area contributed by atoms with E-state index in [4.69, 9.17) is 15.7 Å². The molecule has 0 atom stereocenters. The van der Waals surface area contributed by atoms with Crippen molar-refractivity contribution >= 4 is 5.82 Å². The number of benzene rings is 1. The number of aryl methyl sites for hydroxylation is 1. The van der Waals surface area contributed by atoms with Crippen LogP contribution < -0.4 is 10.5 Å². The SMILES string of the molecule is COc1ccc(-c2cc(C)nc(N)c2C#N)cc1O. The quantitative estimate of drug-likeness (QED) is 0.858. The van der Waals surface area contributed by atoms with E-state index >= 15 is 0 Å². The molecule has 0 fully saturated rings. The zero-order valence-electron chi connectivity index (χ0n) is 10.6. The zero-order valence-corrected chi connectivity index (χ0v) is 10.6. The van der Waals surface area contributed by atoms with Crippen molar-refractivity contribution < 1.29 is 9.84 Å². The fourth-order valence-electron chi connectivity index (χ4n) is 1.90. The molecule has 0 aliphatic rings. The minimum atomic E-state index is 0.0110. The third-order valence-corrected chi connectivity index (χ3v) is 2.78. The van der Waals surface area contributed by atoms with Crippen LogP contribution in [0.15, 0.2) is 24.3 Å². The van der Waals surface area contributed by atoms with Crippen LogP contribution in [-0.4, -0.2) is 17.2 Å². The van der Waals surface area contributed by atoms with Gasteiger partial charge < -0.3 is 15.6 Å². The monoisotopic (exact) mass is 255 g/mol. The zero-order chi connectivity index (χ0) is 14.0. The van der Waals surface area contributed by atoms with Crippen molar-refractivity contribution in [3.63, 3.8) is 0 Å². The van der Waals surface area contributed by atoms with Gasteiger partial charge in [-0.1, -0.05) is 6.07 Å². The van der Waals surface area contributed by atoms with E-state index in [9.17, 15) is 5.11 Å². The second kappa shape index (κ2) is 4.86. The molecule has 0 aliphatic heterocycles. The van der Waals surface area contributed by atoms with E-state index in [1.165, 1.54) is 13.2 Å². The molecule has 0 saturated carbocycles. The van der Waals surface area contributed by atoms with Crippen LogP contribution in [0.3, 0.4) is 0 Å². The maximum absolute atomic E-state index is 9.80. The number of aromatic nitrogens is 1. The number of hydrogen-bond acceptors (Lipinski definition) is 5. The Labute approximate surface area is 110 Å². The number of methoxy groups -OCH3 is 1. The summed E-state index contributed by atoms with van der Waals surface area (Å²) in [5.41, 5.74) is 8.09. The highest BCUT2D eigenvalue weighted by Crippen LogP contribution is 2.34. The first-order valence-corrected chi connectivity index (χ1v) is 5.61. The summed E-state index contributed by atoms with van der Waals surface area (Å²) in [4.78, 5) is 4.05. The molecule has 3 N–H and O–H groups in total. The van der Waals surface area contributed by atoms with Gasteiger partial charge >= 0.3 is 0 Å². The van der Waals surface area contributed by atoms with Gasteiger partial charge in [-0.2, -0.15) is 5.26 Å². The van der Waals surface area contributed by atoms with Crippen molar-refractivity contribution in [2.75, 3.05) is 12.8 Å². The number of pyridine rings is 1. The lowest BCUT2D eigenvalue weighted by atomic mass is 10.00. The highest BCUT2D eigenvalue weighted by molar-refractivity contribution is 5.77. The van der Waals surface area contributed by atoms with Crippen LogP contribution in [-0.2, 0) is 0 Å². The summed E-state index contributed by atoms with van der Waals surface area (Å²) < 4.78 is 4.99.